The van der Waals surface area contributed by atoms with E-state index in [0.29, 0.717) is 13.2 Å². The third kappa shape index (κ3) is 3.97. The van der Waals surface area contributed by atoms with E-state index in [-0.39, 0.29) is 30.7 Å². The number of nitrogens with zero attached hydrogens (tertiary/aromatic N) is 1. The molecule has 0 saturated heterocycles. The lowest BCUT2D eigenvalue weighted by Gasteiger charge is -2.27. The summed E-state index contributed by atoms with van der Waals surface area (Å²) >= 11 is 0. The maximum atomic E-state index is 12.0. The molecule has 1 rings (SSSR count). The van der Waals surface area contributed by atoms with Crippen LogP contribution in [-0.2, 0) is 19.1 Å². The number of hydrogen-bond donors (Lipinski definition) is 1. The van der Waals surface area contributed by atoms with Crippen LogP contribution in [0.15, 0.2) is 12.0 Å². The summed E-state index contributed by atoms with van der Waals surface area (Å²) in [5, 5.41) is 8.63. The average molecular weight is 243 g/mol. The third-order valence-electron chi connectivity index (χ3n) is 2.31. The maximum Gasteiger partial charge on any atom is 0.305 e. The zero-order chi connectivity index (χ0) is 12.8. The number of ether oxygens (including phenoxy) is 2. The SMILES string of the molecule is CC(C)N(CCC(=O)O)C(=O)C1=COCCO1. The molecule has 96 valence electrons. The Bertz CT molecular complexity index is 324. The van der Waals surface area contributed by atoms with Crippen molar-refractivity contribution in [2.45, 2.75) is 26.3 Å². The second-order valence-corrected chi connectivity index (χ2v) is 3.94. The van der Waals surface area contributed by atoms with Gasteiger partial charge in [0.2, 0.25) is 5.76 Å². The first-order valence-corrected chi connectivity index (χ1v) is 5.49. The molecule has 0 aromatic heterocycles. The van der Waals surface area contributed by atoms with E-state index in [0.717, 1.165) is 0 Å². The molecular formula is C11H17NO5. The second kappa shape index (κ2) is 6.12. The average Bonchev–Trinajstić information content (AvgIpc) is 2.29. The van der Waals surface area contributed by atoms with E-state index in [9.17, 15) is 9.59 Å². The van der Waals surface area contributed by atoms with Gasteiger partial charge in [0, 0.05) is 12.6 Å². The molecule has 0 fully saturated rings. The third-order valence-corrected chi connectivity index (χ3v) is 2.31. The molecule has 0 aromatic rings. The van der Waals surface area contributed by atoms with Crippen molar-refractivity contribution in [1.82, 2.24) is 4.90 Å². The highest BCUT2D eigenvalue weighted by Gasteiger charge is 2.24. The van der Waals surface area contributed by atoms with Crippen LogP contribution < -0.4 is 0 Å². The maximum absolute atomic E-state index is 12.0. The molecule has 1 N–H and O–H groups in total. The quantitative estimate of drug-likeness (QED) is 0.764. The van der Waals surface area contributed by atoms with Crippen molar-refractivity contribution in [2.24, 2.45) is 0 Å². The van der Waals surface area contributed by atoms with Crippen molar-refractivity contribution in [3.8, 4) is 0 Å². The Morgan fingerprint density at radius 1 is 1.47 bits per heavy atom. The molecule has 6 nitrogen and oxygen atoms in total. The lowest BCUT2D eigenvalue weighted by molar-refractivity contribution is -0.139. The highest BCUT2D eigenvalue weighted by molar-refractivity contribution is 5.91. The molecule has 1 amide bonds. The molecule has 0 aliphatic carbocycles. The van der Waals surface area contributed by atoms with E-state index in [2.05, 4.69) is 0 Å². The first-order valence-electron chi connectivity index (χ1n) is 5.49. The summed E-state index contributed by atoms with van der Waals surface area (Å²) in [7, 11) is 0. The number of amides is 1. The van der Waals surface area contributed by atoms with Crippen LogP contribution in [-0.4, -0.2) is 47.7 Å². The number of hydrogen-bond acceptors (Lipinski definition) is 4. The van der Waals surface area contributed by atoms with Crippen LogP contribution in [0.3, 0.4) is 0 Å². The fraction of sp³-hybridized carbons (Fsp3) is 0.636. The summed E-state index contributed by atoms with van der Waals surface area (Å²) in [5.74, 6) is -1.13. The number of rotatable bonds is 5. The van der Waals surface area contributed by atoms with Crippen LogP contribution in [0.1, 0.15) is 20.3 Å². The van der Waals surface area contributed by atoms with Gasteiger partial charge >= 0.3 is 5.97 Å². The molecule has 0 radical (unpaired) electrons. The Balaban J connectivity index is 2.65. The molecule has 6 heteroatoms. The minimum absolute atomic E-state index is 0.0853. The molecule has 0 saturated carbocycles. The van der Waals surface area contributed by atoms with Crippen molar-refractivity contribution in [2.75, 3.05) is 19.8 Å². The Kier molecular flexibility index (Phi) is 4.81. The molecule has 0 unspecified atom stereocenters. The van der Waals surface area contributed by atoms with Gasteiger partial charge in [-0.05, 0) is 13.8 Å². The van der Waals surface area contributed by atoms with Gasteiger partial charge < -0.3 is 19.5 Å². The predicted octanol–water partition coefficient (Wildman–Crippen LogP) is 0.586. The van der Waals surface area contributed by atoms with Crippen molar-refractivity contribution in [3.63, 3.8) is 0 Å². The summed E-state index contributed by atoms with van der Waals surface area (Å²) in [6, 6.07) is -0.0896. The summed E-state index contributed by atoms with van der Waals surface area (Å²) in [6.45, 7) is 4.57. The molecule has 1 aliphatic heterocycles. The van der Waals surface area contributed by atoms with Gasteiger partial charge in [-0.15, -0.1) is 0 Å². The van der Waals surface area contributed by atoms with Gasteiger partial charge in [-0.2, -0.15) is 0 Å². The Labute approximate surface area is 99.8 Å². The molecule has 17 heavy (non-hydrogen) atoms. The number of carboxylic acid groups (broad SMARTS) is 1. The number of aliphatic carboxylic acids is 1. The standard InChI is InChI=1S/C11H17NO5/c1-8(2)12(4-3-10(13)14)11(15)9-7-16-5-6-17-9/h7-8H,3-6H2,1-2H3,(H,13,14). The van der Waals surface area contributed by atoms with Gasteiger partial charge in [-0.25, -0.2) is 0 Å². The molecular weight excluding hydrogens is 226 g/mol. The fourth-order valence-corrected chi connectivity index (χ4v) is 1.43. The van der Waals surface area contributed by atoms with Gasteiger partial charge in [-0.3, -0.25) is 9.59 Å². The van der Waals surface area contributed by atoms with Crippen molar-refractivity contribution >= 4 is 11.9 Å². The van der Waals surface area contributed by atoms with Crippen LogP contribution in [0, 0.1) is 0 Å². The van der Waals surface area contributed by atoms with Gasteiger partial charge in [0.1, 0.15) is 19.5 Å². The summed E-state index contributed by atoms with van der Waals surface area (Å²) in [5.41, 5.74) is 0. The number of carbonyl (C=O) groups excluding carboxylic acids is 1. The van der Waals surface area contributed by atoms with Crippen LogP contribution in [0.5, 0.6) is 0 Å². The van der Waals surface area contributed by atoms with Crippen LogP contribution >= 0.6 is 0 Å². The van der Waals surface area contributed by atoms with Crippen LogP contribution in [0.2, 0.25) is 0 Å². The molecule has 0 spiro atoms. The topological polar surface area (TPSA) is 76.1 Å². The fourth-order valence-electron chi connectivity index (χ4n) is 1.43. The first kappa shape index (κ1) is 13.3. The Morgan fingerprint density at radius 2 is 2.18 bits per heavy atom. The van der Waals surface area contributed by atoms with Crippen molar-refractivity contribution in [3.05, 3.63) is 12.0 Å². The van der Waals surface area contributed by atoms with Crippen LogP contribution in [0.4, 0.5) is 0 Å². The van der Waals surface area contributed by atoms with Crippen molar-refractivity contribution in [1.29, 1.82) is 0 Å². The van der Waals surface area contributed by atoms with Gasteiger partial charge in [0.15, 0.2) is 0 Å². The monoisotopic (exact) mass is 243 g/mol. The van der Waals surface area contributed by atoms with Gasteiger partial charge in [-0.1, -0.05) is 0 Å². The van der Waals surface area contributed by atoms with E-state index in [1.807, 2.05) is 13.8 Å². The smallest absolute Gasteiger partial charge is 0.305 e. The highest BCUT2D eigenvalue weighted by Crippen LogP contribution is 2.11. The molecule has 0 aromatic carbocycles. The molecule has 1 heterocycles. The van der Waals surface area contributed by atoms with E-state index in [1.165, 1.54) is 11.2 Å². The lowest BCUT2D eigenvalue weighted by atomic mass is 10.2. The van der Waals surface area contributed by atoms with E-state index >= 15 is 0 Å². The van der Waals surface area contributed by atoms with Crippen LogP contribution in [0.25, 0.3) is 0 Å². The second-order valence-electron chi connectivity index (χ2n) is 3.94. The highest BCUT2D eigenvalue weighted by atomic mass is 16.6. The largest absolute Gasteiger partial charge is 0.494 e. The number of carbonyl (C=O) groups is 2. The minimum atomic E-state index is -0.932. The van der Waals surface area contributed by atoms with Gasteiger partial charge in [0.25, 0.3) is 5.91 Å². The summed E-state index contributed by atoms with van der Waals surface area (Å²) < 4.78 is 10.2. The predicted molar refractivity (Wildman–Crippen MR) is 59.1 cm³/mol. The normalized spacial score (nSPS) is 14.6. The Hall–Kier alpha value is -1.72. The minimum Gasteiger partial charge on any atom is -0.494 e. The van der Waals surface area contributed by atoms with E-state index in [1.54, 1.807) is 0 Å². The van der Waals surface area contributed by atoms with Gasteiger partial charge in [0.05, 0.1) is 6.42 Å². The van der Waals surface area contributed by atoms with Crippen molar-refractivity contribution < 1.29 is 24.2 Å². The molecule has 0 atom stereocenters. The first-order chi connectivity index (χ1) is 8.02. The van der Waals surface area contributed by atoms with E-state index < -0.39 is 5.97 Å². The summed E-state index contributed by atoms with van der Waals surface area (Å²) in [4.78, 5) is 24.0. The lowest BCUT2D eigenvalue weighted by Crippen LogP contribution is -2.40. The Morgan fingerprint density at radius 3 is 2.65 bits per heavy atom. The zero-order valence-electron chi connectivity index (χ0n) is 10.0. The number of carboxylic acids is 1. The summed E-state index contributed by atoms with van der Waals surface area (Å²) in [6.07, 6.45) is 1.19. The zero-order valence-corrected chi connectivity index (χ0v) is 10.0. The van der Waals surface area contributed by atoms with E-state index in [4.69, 9.17) is 14.6 Å². The molecule has 0 bridgehead atoms. The molecule has 1 aliphatic rings.